The molecule has 19 heavy (non-hydrogen) atoms. The molecule has 0 aliphatic carbocycles. The van der Waals surface area contributed by atoms with Gasteiger partial charge in [0.25, 0.3) is 0 Å². The summed E-state index contributed by atoms with van der Waals surface area (Å²) in [5.41, 5.74) is -0.536. The van der Waals surface area contributed by atoms with Crippen molar-refractivity contribution in [1.82, 2.24) is 0 Å². The van der Waals surface area contributed by atoms with Gasteiger partial charge in [0.05, 0.1) is 11.4 Å². The highest BCUT2D eigenvalue weighted by Crippen LogP contribution is 2.17. The number of hydrogen-bond donors (Lipinski definition) is 1. The zero-order valence-electron chi connectivity index (χ0n) is 10.9. The molecule has 0 fully saturated rings. The van der Waals surface area contributed by atoms with Crippen molar-refractivity contribution in [3.63, 3.8) is 0 Å². The van der Waals surface area contributed by atoms with E-state index in [1.165, 1.54) is 12.1 Å². The second-order valence-electron chi connectivity index (χ2n) is 4.88. The molecule has 0 saturated heterocycles. The van der Waals surface area contributed by atoms with E-state index in [0.29, 0.717) is 0 Å². The SMILES string of the molecule is CC(C)(C)OC(=O)Nc1ccc(F)c(C(=O)CCl)c1. The van der Waals surface area contributed by atoms with Crippen molar-refractivity contribution in [2.75, 3.05) is 11.2 Å². The van der Waals surface area contributed by atoms with Crippen LogP contribution in [0.4, 0.5) is 14.9 Å². The van der Waals surface area contributed by atoms with Gasteiger partial charge < -0.3 is 4.74 Å². The van der Waals surface area contributed by atoms with Crippen LogP contribution in [0.5, 0.6) is 0 Å². The minimum Gasteiger partial charge on any atom is -0.444 e. The minimum atomic E-state index is -0.680. The van der Waals surface area contributed by atoms with E-state index in [0.717, 1.165) is 6.07 Å². The maximum Gasteiger partial charge on any atom is 0.412 e. The number of ketones is 1. The largest absolute Gasteiger partial charge is 0.444 e. The second-order valence-corrected chi connectivity index (χ2v) is 5.15. The molecule has 0 aliphatic rings. The van der Waals surface area contributed by atoms with Gasteiger partial charge in [0.15, 0.2) is 5.78 Å². The highest BCUT2D eigenvalue weighted by molar-refractivity contribution is 6.30. The first-order valence-electron chi connectivity index (χ1n) is 5.61. The molecule has 1 amide bonds. The Morgan fingerprint density at radius 2 is 2.00 bits per heavy atom. The van der Waals surface area contributed by atoms with E-state index >= 15 is 0 Å². The van der Waals surface area contributed by atoms with Gasteiger partial charge in [0.1, 0.15) is 11.4 Å². The zero-order chi connectivity index (χ0) is 14.6. The zero-order valence-corrected chi connectivity index (χ0v) is 11.7. The summed E-state index contributed by atoms with van der Waals surface area (Å²) < 4.78 is 18.4. The highest BCUT2D eigenvalue weighted by atomic mass is 35.5. The molecule has 1 rings (SSSR count). The molecule has 0 heterocycles. The Balaban J connectivity index is 2.86. The van der Waals surface area contributed by atoms with Crippen molar-refractivity contribution < 1.29 is 18.7 Å². The van der Waals surface area contributed by atoms with Crippen LogP contribution in [-0.2, 0) is 4.74 Å². The van der Waals surface area contributed by atoms with E-state index in [-0.39, 0.29) is 17.1 Å². The standard InChI is InChI=1S/C13H15ClFNO3/c1-13(2,3)19-12(18)16-8-4-5-10(15)9(6-8)11(17)7-14/h4-6H,7H2,1-3H3,(H,16,18). The molecule has 1 aromatic rings. The maximum atomic E-state index is 13.4. The molecule has 104 valence electrons. The normalized spacial score (nSPS) is 11.0. The number of Topliss-reactive ketones (excluding diaryl/α,β-unsaturated/α-hetero) is 1. The molecule has 1 N–H and O–H groups in total. The van der Waals surface area contributed by atoms with Gasteiger partial charge in [-0.3, -0.25) is 10.1 Å². The molecule has 0 spiro atoms. The van der Waals surface area contributed by atoms with Gasteiger partial charge in [-0.25, -0.2) is 9.18 Å². The summed E-state index contributed by atoms with van der Waals surface area (Å²) in [4.78, 5) is 22.9. The van der Waals surface area contributed by atoms with Crippen molar-refractivity contribution in [2.45, 2.75) is 26.4 Å². The molecular weight excluding hydrogens is 273 g/mol. The predicted octanol–water partition coefficient (Wildman–Crippen LogP) is 3.59. The Labute approximate surface area is 115 Å². The lowest BCUT2D eigenvalue weighted by Crippen LogP contribution is -2.27. The number of anilines is 1. The summed E-state index contributed by atoms with van der Waals surface area (Å²) in [7, 11) is 0. The number of ether oxygens (including phenoxy) is 1. The van der Waals surface area contributed by atoms with E-state index in [9.17, 15) is 14.0 Å². The van der Waals surface area contributed by atoms with Crippen molar-refractivity contribution >= 4 is 29.2 Å². The fourth-order valence-electron chi connectivity index (χ4n) is 1.31. The van der Waals surface area contributed by atoms with Crippen LogP contribution >= 0.6 is 11.6 Å². The van der Waals surface area contributed by atoms with Crippen molar-refractivity contribution in [3.8, 4) is 0 Å². The Kier molecular flexibility index (Phi) is 4.89. The lowest BCUT2D eigenvalue weighted by atomic mass is 10.1. The molecule has 0 bridgehead atoms. The van der Waals surface area contributed by atoms with Gasteiger partial charge in [0, 0.05) is 5.69 Å². The molecule has 0 atom stereocenters. The fourth-order valence-corrected chi connectivity index (χ4v) is 1.45. The Morgan fingerprint density at radius 1 is 1.37 bits per heavy atom. The number of carbonyl (C=O) groups excluding carboxylic acids is 2. The van der Waals surface area contributed by atoms with Crippen LogP contribution in [0.15, 0.2) is 18.2 Å². The van der Waals surface area contributed by atoms with E-state index in [2.05, 4.69) is 5.32 Å². The number of hydrogen-bond acceptors (Lipinski definition) is 3. The van der Waals surface area contributed by atoms with Crippen LogP contribution < -0.4 is 5.32 Å². The average molecular weight is 288 g/mol. The molecular formula is C13H15ClFNO3. The third kappa shape index (κ3) is 4.87. The monoisotopic (exact) mass is 287 g/mol. The summed E-state index contributed by atoms with van der Waals surface area (Å²) in [5.74, 6) is -1.56. The summed E-state index contributed by atoms with van der Waals surface area (Å²) in [6.45, 7) is 5.17. The number of amides is 1. The molecule has 0 aromatic heterocycles. The molecule has 0 saturated carbocycles. The lowest BCUT2D eigenvalue weighted by Gasteiger charge is -2.19. The lowest BCUT2D eigenvalue weighted by molar-refractivity contribution is 0.0635. The Hall–Kier alpha value is -1.62. The number of benzene rings is 1. The summed E-state index contributed by atoms with van der Waals surface area (Å²) in [6, 6.07) is 3.65. The molecule has 0 radical (unpaired) electrons. The smallest absolute Gasteiger partial charge is 0.412 e. The van der Waals surface area contributed by atoms with Crippen LogP contribution in [0.25, 0.3) is 0 Å². The Morgan fingerprint density at radius 3 is 2.53 bits per heavy atom. The number of nitrogens with one attached hydrogen (secondary N) is 1. The fraction of sp³-hybridized carbons (Fsp3) is 0.385. The first-order valence-corrected chi connectivity index (χ1v) is 6.15. The molecule has 0 unspecified atom stereocenters. The number of carbonyl (C=O) groups is 2. The topological polar surface area (TPSA) is 55.4 Å². The molecule has 6 heteroatoms. The van der Waals surface area contributed by atoms with Crippen molar-refractivity contribution in [1.29, 1.82) is 0 Å². The van der Waals surface area contributed by atoms with Gasteiger partial charge >= 0.3 is 6.09 Å². The Bertz CT molecular complexity index is 497. The van der Waals surface area contributed by atoms with Gasteiger partial charge in [-0.1, -0.05) is 0 Å². The van der Waals surface area contributed by atoms with Crippen LogP contribution in [0, 0.1) is 5.82 Å². The van der Waals surface area contributed by atoms with E-state index < -0.39 is 23.3 Å². The second kappa shape index (κ2) is 6.02. The molecule has 1 aromatic carbocycles. The summed E-state index contributed by atoms with van der Waals surface area (Å²) in [6.07, 6.45) is -0.677. The van der Waals surface area contributed by atoms with Crippen LogP contribution in [0.3, 0.4) is 0 Å². The molecule has 0 aliphatic heterocycles. The van der Waals surface area contributed by atoms with E-state index in [1.54, 1.807) is 20.8 Å². The van der Waals surface area contributed by atoms with Crippen LogP contribution in [0.1, 0.15) is 31.1 Å². The average Bonchev–Trinajstić information content (AvgIpc) is 2.28. The van der Waals surface area contributed by atoms with E-state index in [4.69, 9.17) is 16.3 Å². The van der Waals surface area contributed by atoms with E-state index in [1.807, 2.05) is 0 Å². The third-order valence-electron chi connectivity index (χ3n) is 2.03. The van der Waals surface area contributed by atoms with Gasteiger partial charge in [-0.05, 0) is 39.0 Å². The highest BCUT2D eigenvalue weighted by Gasteiger charge is 2.17. The van der Waals surface area contributed by atoms with Crippen molar-refractivity contribution in [3.05, 3.63) is 29.6 Å². The van der Waals surface area contributed by atoms with Gasteiger partial charge in [0.2, 0.25) is 0 Å². The minimum absolute atomic E-state index is 0.163. The number of alkyl halides is 1. The maximum absolute atomic E-state index is 13.4. The molecule has 4 nitrogen and oxygen atoms in total. The first-order chi connectivity index (χ1) is 8.73. The third-order valence-corrected chi connectivity index (χ3v) is 2.28. The summed E-state index contributed by atoms with van der Waals surface area (Å²) in [5, 5.41) is 2.42. The van der Waals surface area contributed by atoms with Gasteiger partial charge in [-0.15, -0.1) is 11.6 Å². The van der Waals surface area contributed by atoms with Crippen molar-refractivity contribution in [2.24, 2.45) is 0 Å². The predicted molar refractivity (Wildman–Crippen MR) is 71.3 cm³/mol. The first kappa shape index (κ1) is 15.4. The van der Waals surface area contributed by atoms with Crippen LogP contribution in [-0.4, -0.2) is 23.4 Å². The van der Waals surface area contributed by atoms with Gasteiger partial charge in [-0.2, -0.15) is 0 Å². The number of rotatable bonds is 3. The number of halogens is 2. The summed E-state index contributed by atoms with van der Waals surface area (Å²) >= 11 is 5.38. The van der Waals surface area contributed by atoms with Crippen LogP contribution in [0.2, 0.25) is 0 Å². The quantitative estimate of drug-likeness (QED) is 0.683.